The zero-order valence-electron chi connectivity index (χ0n) is 10.1. The molecule has 2 aromatic rings. The van der Waals surface area contributed by atoms with Crippen LogP contribution in [0, 0.1) is 0 Å². The molecule has 2 rings (SSSR count). The zero-order valence-corrected chi connectivity index (χ0v) is 10.1. The Balaban J connectivity index is 2.07. The summed E-state index contributed by atoms with van der Waals surface area (Å²) in [6, 6.07) is 1.92. The van der Waals surface area contributed by atoms with Crippen molar-refractivity contribution in [2.75, 3.05) is 5.73 Å². The van der Waals surface area contributed by atoms with Gasteiger partial charge < -0.3 is 5.73 Å². The molecule has 2 aromatic heterocycles. The number of nitrogen functional groups attached to an aromatic ring is 1. The highest BCUT2D eigenvalue weighted by Crippen LogP contribution is 2.00. The molecule has 6 heteroatoms. The Morgan fingerprint density at radius 1 is 1.29 bits per heavy atom. The van der Waals surface area contributed by atoms with Gasteiger partial charge in [-0.25, -0.2) is 4.79 Å². The predicted molar refractivity (Wildman–Crippen MR) is 65.7 cm³/mol. The van der Waals surface area contributed by atoms with E-state index in [0.717, 1.165) is 0 Å². The normalized spacial score (nSPS) is 11.2. The van der Waals surface area contributed by atoms with Crippen molar-refractivity contribution in [3.63, 3.8) is 0 Å². The van der Waals surface area contributed by atoms with Crippen molar-refractivity contribution in [2.45, 2.75) is 33.0 Å². The maximum atomic E-state index is 11.9. The van der Waals surface area contributed by atoms with Crippen molar-refractivity contribution in [1.29, 1.82) is 0 Å². The van der Waals surface area contributed by atoms with E-state index in [2.05, 4.69) is 5.10 Å². The molecule has 0 amide bonds. The minimum absolute atomic E-state index is 0.0140. The summed E-state index contributed by atoms with van der Waals surface area (Å²) in [5.74, 6) is 0.497. The summed E-state index contributed by atoms with van der Waals surface area (Å²) in [6.45, 7) is 5.21. The molecule has 17 heavy (non-hydrogen) atoms. The lowest BCUT2D eigenvalue weighted by molar-refractivity contribution is 0.502. The van der Waals surface area contributed by atoms with Gasteiger partial charge in [0.2, 0.25) is 0 Å². The summed E-state index contributed by atoms with van der Waals surface area (Å²) < 4.78 is 5.11. The van der Waals surface area contributed by atoms with Gasteiger partial charge in [-0.15, -0.1) is 0 Å². The second-order valence-corrected chi connectivity index (χ2v) is 4.28. The van der Waals surface area contributed by atoms with E-state index in [4.69, 9.17) is 5.73 Å². The number of anilines is 1. The van der Waals surface area contributed by atoms with E-state index in [9.17, 15) is 4.79 Å². The smallest absolute Gasteiger partial charge is 0.328 e. The van der Waals surface area contributed by atoms with Crippen LogP contribution >= 0.6 is 0 Å². The average Bonchev–Trinajstić information content (AvgIpc) is 2.82. The van der Waals surface area contributed by atoms with Crippen LogP contribution in [-0.2, 0) is 13.1 Å². The molecule has 0 unspecified atom stereocenters. The molecule has 0 bridgehead atoms. The van der Waals surface area contributed by atoms with Crippen molar-refractivity contribution in [3.05, 3.63) is 35.1 Å². The van der Waals surface area contributed by atoms with Gasteiger partial charge in [-0.1, -0.05) is 0 Å². The fourth-order valence-corrected chi connectivity index (χ4v) is 1.70. The zero-order chi connectivity index (χ0) is 12.4. The Kier molecular flexibility index (Phi) is 3.03. The highest BCUT2D eigenvalue weighted by atomic mass is 16.1. The number of imidazole rings is 1. The Bertz CT molecular complexity index is 548. The number of rotatable bonds is 4. The quantitative estimate of drug-likeness (QED) is 0.848. The van der Waals surface area contributed by atoms with Crippen LogP contribution in [0.5, 0.6) is 0 Å². The molecule has 0 aliphatic carbocycles. The molecule has 0 aliphatic heterocycles. The Morgan fingerprint density at radius 2 is 2.06 bits per heavy atom. The number of nitrogens with two attached hydrogens (primary N) is 1. The number of aromatic nitrogens is 4. The van der Waals surface area contributed by atoms with E-state index in [-0.39, 0.29) is 11.7 Å². The van der Waals surface area contributed by atoms with E-state index >= 15 is 0 Å². The maximum Gasteiger partial charge on any atom is 0.328 e. The number of hydrogen-bond donors (Lipinski definition) is 1. The molecular weight excluding hydrogens is 218 g/mol. The summed E-state index contributed by atoms with van der Waals surface area (Å²) in [7, 11) is 0. The van der Waals surface area contributed by atoms with Gasteiger partial charge in [0, 0.05) is 31.2 Å². The summed E-state index contributed by atoms with van der Waals surface area (Å²) in [5, 5.41) is 4.07. The van der Waals surface area contributed by atoms with E-state index in [1.807, 2.05) is 20.0 Å². The Morgan fingerprint density at radius 3 is 2.59 bits per heavy atom. The number of hydrogen-bond acceptors (Lipinski definition) is 3. The molecule has 0 saturated heterocycles. The van der Waals surface area contributed by atoms with Crippen LogP contribution in [-0.4, -0.2) is 18.9 Å². The van der Waals surface area contributed by atoms with Crippen LogP contribution in [0.1, 0.15) is 19.9 Å². The van der Waals surface area contributed by atoms with Gasteiger partial charge in [-0.2, -0.15) is 5.10 Å². The summed E-state index contributed by atoms with van der Waals surface area (Å²) in [4.78, 5) is 11.9. The van der Waals surface area contributed by atoms with Crippen LogP contribution in [0.25, 0.3) is 0 Å². The maximum absolute atomic E-state index is 11.9. The first kappa shape index (κ1) is 11.5. The molecule has 0 spiro atoms. The fraction of sp³-hybridized carbons (Fsp3) is 0.455. The molecular formula is C11H17N5O. The van der Waals surface area contributed by atoms with Gasteiger partial charge in [0.15, 0.2) is 0 Å². The minimum Gasteiger partial charge on any atom is -0.382 e. The van der Waals surface area contributed by atoms with Crippen LogP contribution in [0.4, 0.5) is 5.82 Å². The third kappa shape index (κ3) is 2.41. The molecule has 0 aliphatic rings. The standard InChI is InChI=1S/C11H17N5O/c1-9(2)16-8-6-14(11(16)17)5-7-15-4-3-10(12)13-15/h3-4,6,8-9H,5,7H2,1-2H3,(H2,12,13). The van der Waals surface area contributed by atoms with Crippen molar-refractivity contribution in [2.24, 2.45) is 0 Å². The topological polar surface area (TPSA) is 70.8 Å². The molecule has 0 saturated carbocycles. The van der Waals surface area contributed by atoms with Crippen molar-refractivity contribution >= 4 is 5.82 Å². The lowest BCUT2D eigenvalue weighted by atomic mass is 10.4. The van der Waals surface area contributed by atoms with Crippen LogP contribution in [0.3, 0.4) is 0 Å². The molecule has 0 radical (unpaired) electrons. The van der Waals surface area contributed by atoms with E-state index in [0.29, 0.717) is 18.9 Å². The second kappa shape index (κ2) is 4.48. The van der Waals surface area contributed by atoms with Crippen molar-refractivity contribution < 1.29 is 0 Å². The first-order valence-corrected chi connectivity index (χ1v) is 5.64. The monoisotopic (exact) mass is 235 g/mol. The van der Waals surface area contributed by atoms with Crippen LogP contribution in [0.15, 0.2) is 29.5 Å². The Hall–Kier alpha value is -1.98. The molecule has 2 N–H and O–H groups in total. The lowest BCUT2D eigenvalue weighted by Crippen LogP contribution is -2.26. The largest absolute Gasteiger partial charge is 0.382 e. The summed E-state index contributed by atoms with van der Waals surface area (Å²) in [5.41, 5.74) is 5.53. The van der Waals surface area contributed by atoms with Gasteiger partial charge in [0.25, 0.3) is 0 Å². The number of nitrogens with zero attached hydrogens (tertiary/aromatic N) is 4. The SMILES string of the molecule is CC(C)n1ccn(CCn2ccc(N)n2)c1=O. The van der Waals surface area contributed by atoms with Crippen molar-refractivity contribution in [1.82, 2.24) is 18.9 Å². The number of aryl methyl sites for hydroxylation is 2. The predicted octanol–water partition coefficient (Wildman–Crippen LogP) is 0.710. The van der Waals surface area contributed by atoms with E-state index in [1.54, 1.807) is 32.3 Å². The molecule has 92 valence electrons. The van der Waals surface area contributed by atoms with Crippen LogP contribution < -0.4 is 11.4 Å². The van der Waals surface area contributed by atoms with Gasteiger partial charge in [-0.3, -0.25) is 13.8 Å². The fourth-order valence-electron chi connectivity index (χ4n) is 1.70. The molecule has 2 heterocycles. The minimum atomic E-state index is 0.0140. The third-order valence-electron chi connectivity index (χ3n) is 2.66. The van der Waals surface area contributed by atoms with E-state index < -0.39 is 0 Å². The Labute approximate surface area is 99.3 Å². The highest BCUT2D eigenvalue weighted by Gasteiger charge is 2.05. The van der Waals surface area contributed by atoms with Crippen LogP contribution in [0.2, 0.25) is 0 Å². The molecule has 0 aromatic carbocycles. The summed E-state index contributed by atoms with van der Waals surface area (Å²) in [6.07, 6.45) is 5.42. The van der Waals surface area contributed by atoms with Gasteiger partial charge >= 0.3 is 5.69 Å². The van der Waals surface area contributed by atoms with Gasteiger partial charge in [0.05, 0.1) is 6.54 Å². The summed E-state index contributed by atoms with van der Waals surface area (Å²) >= 11 is 0. The van der Waals surface area contributed by atoms with Gasteiger partial charge in [-0.05, 0) is 19.9 Å². The first-order chi connectivity index (χ1) is 8.08. The molecule has 6 nitrogen and oxygen atoms in total. The van der Waals surface area contributed by atoms with E-state index in [1.165, 1.54) is 0 Å². The van der Waals surface area contributed by atoms with Gasteiger partial charge in [0.1, 0.15) is 5.82 Å². The van der Waals surface area contributed by atoms with Crippen molar-refractivity contribution in [3.8, 4) is 0 Å². The molecule has 0 atom stereocenters. The first-order valence-electron chi connectivity index (χ1n) is 5.64. The average molecular weight is 235 g/mol. The lowest BCUT2D eigenvalue weighted by Gasteiger charge is -2.05. The molecule has 0 fully saturated rings. The third-order valence-corrected chi connectivity index (χ3v) is 2.66. The highest BCUT2D eigenvalue weighted by molar-refractivity contribution is 5.23. The second-order valence-electron chi connectivity index (χ2n) is 4.28.